The van der Waals surface area contributed by atoms with E-state index in [4.69, 9.17) is 0 Å². The van der Waals surface area contributed by atoms with Crippen LogP contribution in [-0.2, 0) is 6.54 Å². The molecule has 3 rings (SSSR count). The number of hydrogen-bond acceptors (Lipinski definition) is 2. The average Bonchev–Trinajstić information content (AvgIpc) is 2.79. The van der Waals surface area contributed by atoms with Crippen LogP contribution in [0.15, 0.2) is 72.8 Å². The van der Waals surface area contributed by atoms with Crippen molar-refractivity contribution in [2.45, 2.75) is 52.6 Å². The Bertz CT molecular complexity index is 977. The number of carbonyl (C=O) groups is 1. The first-order chi connectivity index (χ1) is 15.0. The summed E-state index contributed by atoms with van der Waals surface area (Å²) < 4.78 is 0. The van der Waals surface area contributed by atoms with Gasteiger partial charge in [0, 0.05) is 23.8 Å². The van der Waals surface area contributed by atoms with Crippen LogP contribution in [0.25, 0.3) is 11.1 Å². The second-order valence-corrected chi connectivity index (χ2v) is 8.36. The van der Waals surface area contributed by atoms with E-state index in [-0.39, 0.29) is 5.91 Å². The van der Waals surface area contributed by atoms with Crippen LogP contribution in [0.4, 0.5) is 5.69 Å². The predicted octanol–water partition coefficient (Wildman–Crippen LogP) is 6.92. The second kappa shape index (κ2) is 10.9. The lowest BCUT2D eigenvalue weighted by Gasteiger charge is -2.27. The van der Waals surface area contributed by atoms with Gasteiger partial charge in [0.15, 0.2) is 0 Å². The van der Waals surface area contributed by atoms with E-state index in [1.165, 1.54) is 30.4 Å². The number of carbonyl (C=O) groups excluding carboxylic acids is 1. The van der Waals surface area contributed by atoms with Crippen molar-refractivity contribution in [2.24, 2.45) is 0 Å². The Morgan fingerprint density at radius 2 is 1.65 bits per heavy atom. The van der Waals surface area contributed by atoms with Crippen LogP contribution >= 0.6 is 0 Å². The molecule has 3 nitrogen and oxygen atoms in total. The third kappa shape index (κ3) is 6.28. The van der Waals surface area contributed by atoms with Crippen LogP contribution in [0.3, 0.4) is 0 Å². The number of nitrogens with one attached hydrogen (secondary N) is 1. The van der Waals surface area contributed by atoms with Gasteiger partial charge in [0.25, 0.3) is 5.91 Å². The lowest BCUT2D eigenvalue weighted by atomic mass is 10.0. The highest BCUT2D eigenvalue weighted by atomic mass is 16.1. The number of rotatable bonds is 9. The molecule has 0 aromatic heterocycles. The summed E-state index contributed by atoms with van der Waals surface area (Å²) >= 11 is 0. The average molecular weight is 415 g/mol. The topological polar surface area (TPSA) is 32.3 Å². The second-order valence-electron chi connectivity index (χ2n) is 8.36. The van der Waals surface area contributed by atoms with E-state index in [2.05, 4.69) is 74.4 Å². The number of aryl methyl sites for hydroxylation is 1. The van der Waals surface area contributed by atoms with Crippen LogP contribution in [0.1, 0.15) is 54.6 Å². The molecule has 0 aliphatic rings. The summed E-state index contributed by atoms with van der Waals surface area (Å²) in [5.41, 5.74) is 6.12. The Hall–Kier alpha value is -2.91. The minimum atomic E-state index is -0.0900. The summed E-state index contributed by atoms with van der Waals surface area (Å²) in [4.78, 5) is 15.2. The lowest BCUT2D eigenvalue weighted by molar-refractivity contribution is 0.102. The molecule has 0 radical (unpaired) electrons. The van der Waals surface area contributed by atoms with Crippen molar-refractivity contribution in [1.82, 2.24) is 4.90 Å². The van der Waals surface area contributed by atoms with Gasteiger partial charge in [-0.3, -0.25) is 9.69 Å². The van der Waals surface area contributed by atoms with Crippen LogP contribution in [-0.4, -0.2) is 23.9 Å². The third-order valence-corrected chi connectivity index (χ3v) is 5.87. The minimum absolute atomic E-state index is 0.0900. The number of nitrogens with zero attached hydrogens (tertiary/aromatic N) is 1. The van der Waals surface area contributed by atoms with Gasteiger partial charge in [0.05, 0.1) is 0 Å². The maximum Gasteiger partial charge on any atom is 0.255 e. The molecule has 0 saturated heterocycles. The summed E-state index contributed by atoms with van der Waals surface area (Å²) in [6.07, 6.45) is 3.60. The lowest BCUT2D eigenvalue weighted by Crippen LogP contribution is -2.30. The Labute approximate surface area is 187 Å². The summed E-state index contributed by atoms with van der Waals surface area (Å²) in [6.45, 7) is 7.49. The van der Waals surface area contributed by atoms with E-state index in [9.17, 15) is 4.79 Å². The fourth-order valence-electron chi connectivity index (χ4n) is 3.97. The van der Waals surface area contributed by atoms with Crippen LogP contribution < -0.4 is 5.32 Å². The molecule has 162 valence electrons. The fourth-order valence-corrected chi connectivity index (χ4v) is 3.97. The summed E-state index contributed by atoms with van der Waals surface area (Å²) in [5.74, 6) is -0.0900. The molecule has 0 aliphatic carbocycles. The summed E-state index contributed by atoms with van der Waals surface area (Å²) in [5, 5.41) is 3.03. The van der Waals surface area contributed by atoms with Crippen LogP contribution in [0, 0.1) is 6.92 Å². The Kier molecular flexibility index (Phi) is 8.02. The highest BCUT2D eigenvalue weighted by Crippen LogP contribution is 2.22. The van der Waals surface area contributed by atoms with E-state index < -0.39 is 0 Å². The number of hydrogen-bond donors (Lipinski definition) is 1. The van der Waals surface area contributed by atoms with Crippen molar-refractivity contribution < 1.29 is 4.79 Å². The zero-order valence-corrected chi connectivity index (χ0v) is 19.2. The molecule has 1 atom stereocenters. The zero-order valence-electron chi connectivity index (χ0n) is 19.2. The molecule has 3 aromatic rings. The van der Waals surface area contributed by atoms with E-state index in [1.54, 1.807) is 0 Å². The smallest absolute Gasteiger partial charge is 0.255 e. The molecular formula is C28H34N2O. The molecule has 0 bridgehead atoms. The highest BCUT2D eigenvalue weighted by Gasteiger charge is 2.12. The number of benzene rings is 3. The monoisotopic (exact) mass is 414 g/mol. The maximum atomic E-state index is 12.8. The van der Waals surface area contributed by atoms with Crippen molar-refractivity contribution in [3.63, 3.8) is 0 Å². The molecule has 31 heavy (non-hydrogen) atoms. The SMILES string of the molecule is CCCC(CC)N(C)Cc1ccc(NC(=O)c2cccc(-c3ccc(C)cc3)c2)cc1. The largest absolute Gasteiger partial charge is 0.322 e. The normalized spacial score (nSPS) is 12.0. The minimum Gasteiger partial charge on any atom is -0.322 e. The Balaban J connectivity index is 1.64. The number of amides is 1. The summed E-state index contributed by atoms with van der Waals surface area (Å²) in [6, 6.07) is 24.9. The molecule has 1 N–H and O–H groups in total. The molecule has 0 heterocycles. The van der Waals surface area contributed by atoms with Crippen molar-refractivity contribution in [3.8, 4) is 11.1 Å². The Morgan fingerprint density at radius 1 is 0.935 bits per heavy atom. The fraction of sp³-hybridized carbons (Fsp3) is 0.321. The number of anilines is 1. The maximum absolute atomic E-state index is 12.8. The molecule has 0 aliphatic heterocycles. The summed E-state index contributed by atoms with van der Waals surface area (Å²) in [7, 11) is 2.19. The van der Waals surface area contributed by atoms with Crippen molar-refractivity contribution in [1.29, 1.82) is 0 Å². The first kappa shape index (κ1) is 22.8. The molecule has 1 amide bonds. The Morgan fingerprint density at radius 3 is 2.29 bits per heavy atom. The van der Waals surface area contributed by atoms with Crippen molar-refractivity contribution in [3.05, 3.63) is 89.5 Å². The molecule has 0 saturated carbocycles. The van der Waals surface area contributed by atoms with E-state index >= 15 is 0 Å². The standard InChI is InChI=1S/C28H34N2O/c1-5-8-27(6-2)30(4)20-22-13-17-26(18-14-22)29-28(31)25-10-7-9-24(19-25)23-15-11-21(3)12-16-23/h7,9-19,27H,5-6,8,20H2,1-4H3,(H,29,31). The van der Waals surface area contributed by atoms with E-state index in [0.29, 0.717) is 11.6 Å². The van der Waals surface area contributed by atoms with E-state index in [0.717, 1.165) is 23.4 Å². The van der Waals surface area contributed by atoms with E-state index in [1.807, 2.05) is 36.4 Å². The quantitative estimate of drug-likeness (QED) is 0.412. The zero-order chi connectivity index (χ0) is 22.2. The first-order valence-electron chi connectivity index (χ1n) is 11.3. The molecular weight excluding hydrogens is 380 g/mol. The van der Waals surface area contributed by atoms with Crippen LogP contribution in [0.5, 0.6) is 0 Å². The first-order valence-corrected chi connectivity index (χ1v) is 11.3. The van der Waals surface area contributed by atoms with Gasteiger partial charge in [0.2, 0.25) is 0 Å². The van der Waals surface area contributed by atoms with Gasteiger partial charge in [-0.15, -0.1) is 0 Å². The van der Waals surface area contributed by atoms with Crippen LogP contribution in [0.2, 0.25) is 0 Å². The van der Waals surface area contributed by atoms with Gasteiger partial charge in [-0.1, -0.05) is 74.4 Å². The molecule has 1 unspecified atom stereocenters. The van der Waals surface area contributed by atoms with Gasteiger partial charge in [0.1, 0.15) is 0 Å². The predicted molar refractivity (Wildman–Crippen MR) is 131 cm³/mol. The van der Waals surface area contributed by atoms with Crippen molar-refractivity contribution in [2.75, 3.05) is 12.4 Å². The molecule has 0 spiro atoms. The molecule has 0 fully saturated rings. The third-order valence-electron chi connectivity index (χ3n) is 5.87. The van der Waals surface area contributed by atoms with Crippen molar-refractivity contribution >= 4 is 11.6 Å². The van der Waals surface area contributed by atoms with Gasteiger partial charge >= 0.3 is 0 Å². The molecule has 3 heteroatoms. The van der Waals surface area contributed by atoms with Gasteiger partial charge in [-0.25, -0.2) is 0 Å². The molecule has 3 aromatic carbocycles. The van der Waals surface area contributed by atoms with Gasteiger partial charge < -0.3 is 5.32 Å². The highest BCUT2D eigenvalue weighted by molar-refractivity contribution is 6.04. The van der Waals surface area contributed by atoms with Gasteiger partial charge in [-0.2, -0.15) is 0 Å². The van der Waals surface area contributed by atoms with Gasteiger partial charge in [-0.05, 0) is 67.8 Å².